The molecule has 0 N–H and O–H groups in total. The normalized spacial score (nSPS) is 19.0. The molecule has 1 aliphatic rings. The van der Waals surface area contributed by atoms with Crippen molar-refractivity contribution in [1.82, 2.24) is 0 Å². The van der Waals surface area contributed by atoms with Gasteiger partial charge in [-0.05, 0) is 41.7 Å². The fraction of sp³-hybridized carbons (Fsp3) is 0.316. The van der Waals surface area contributed by atoms with Crippen molar-refractivity contribution in [2.75, 3.05) is 0 Å². The first-order valence-corrected chi connectivity index (χ1v) is 7.39. The average molecular weight is 280 g/mol. The molecule has 0 aromatic heterocycles. The highest BCUT2D eigenvalue weighted by Crippen LogP contribution is 2.52. The minimum atomic E-state index is 0.216. The van der Waals surface area contributed by atoms with E-state index in [0.29, 0.717) is 12.2 Å². The second kappa shape index (κ2) is 5.36. The van der Waals surface area contributed by atoms with E-state index in [9.17, 15) is 4.79 Å². The molecule has 2 aromatic rings. The highest BCUT2D eigenvalue weighted by Gasteiger charge is 2.49. The predicted molar refractivity (Wildman–Crippen MR) is 83.6 cm³/mol. The zero-order valence-corrected chi connectivity index (χ0v) is 12.5. The van der Waals surface area contributed by atoms with Crippen LogP contribution in [0.5, 0.6) is 11.5 Å². The van der Waals surface area contributed by atoms with Gasteiger partial charge in [0.25, 0.3) is 0 Å². The molecule has 0 heterocycles. The summed E-state index contributed by atoms with van der Waals surface area (Å²) in [5, 5.41) is 0. The number of Topliss-reactive ketones (excluding diaryl/α,β-unsaturated/α-hetero) is 1. The summed E-state index contributed by atoms with van der Waals surface area (Å²) in [7, 11) is 0. The zero-order valence-electron chi connectivity index (χ0n) is 12.5. The van der Waals surface area contributed by atoms with Crippen LogP contribution in [0.25, 0.3) is 0 Å². The van der Waals surface area contributed by atoms with Crippen molar-refractivity contribution in [1.29, 1.82) is 0 Å². The molecule has 0 spiro atoms. The lowest BCUT2D eigenvalue weighted by Gasteiger charge is -2.07. The highest BCUT2D eigenvalue weighted by atomic mass is 16.5. The molecule has 1 saturated carbocycles. The Morgan fingerprint density at radius 2 is 1.62 bits per heavy atom. The summed E-state index contributed by atoms with van der Waals surface area (Å²) in [6.45, 7) is 4.32. The van der Waals surface area contributed by atoms with Gasteiger partial charge in [0.05, 0.1) is 0 Å². The van der Waals surface area contributed by atoms with Crippen molar-refractivity contribution >= 4 is 5.78 Å². The number of benzene rings is 2. The molecule has 108 valence electrons. The quantitative estimate of drug-likeness (QED) is 0.797. The first-order valence-electron chi connectivity index (χ1n) is 7.39. The highest BCUT2D eigenvalue weighted by molar-refractivity contribution is 5.86. The van der Waals surface area contributed by atoms with Gasteiger partial charge in [-0.15, -0.1) is 0 Å². The summed E-state index contributed by atoms with van der Waals surface area (Å²) in [6, 6.07) is 17.5. The van der Waals surface area contributed by atoms with Crippen LogP contribution in [0.4, 0.5) is 0 Å². The monoisotopic (exact) mass is 280 g/mol. The Morgan fingerprint density at radius 1 is 1.05 bits per heavy atom. The minimum Gasteiger partial charge on any atom is -0.457 e. The molecule has 0 bridgehead atoms. The molecule has 0 aliphatic heterocycles. The van der Waals surface area contributed by atoms with Gasteiger partial charge in [-0.2, -0.15) is 0 Å². The van der Waals surface area contributed by atoms with Crippen molar-refractivity contribution in [3.63, 3.8) is 0 Å². The molecule has 0 saturated heterocycles. The predicted octanol–water partition coefficient (Wildman–Crippen LogP) is 4.64. The van der Waals surface area contributed by atoms with Gasteiger partial charge in [-0.25, -0.2) is 0 Å². The number of para-hydroxylation sites is 1. The summed E-state index contributed by atoms with van der Waals surface area (Å²) in [5.74, 6) is 2.22. The molecule has 21 heavy (non-hydrogen) atoms. The lowest BCUT2D eigenvalue weighted by Crippen LogP contribution is -2.09. The van der Waals surface area contributed by atoms with Gasteiger partial charge >= 0.3 is 0 Å². The topological polar surface area (TPSA) is 26.3 Å². The van der Waals surface area contributed by atoms with Crippen LogP contribution in [0.2, 0.25) is 0 Å². The van der Waals surface area contributed by atoms with Crippen LogP contribution in [0, 0.1) is 11.3 Å². The summed E-state index contributed by atoms with van der Waals surface area (Å²) < 4.78 is 5.75. The third kappa shape index (κ3) is 3.33. The van der Waals surface area contributed by atoms with Crippen LogP contribution in [0.1, 0.15) is 25.8 Å². The third-order valence-electron chi connectivity index (χ3n) is 4.18. The van der Waals surface area contributed by atoms with Crippen LogP contribution in [-0.4, -0.2) is 5.78 Å². The van der Waals surface area contributed by atoms with Gasteiger partial charge in [-0.1, -0.05) is 44.2 Å². The van der Waals surface area contributed by atoms with Crippen LogP contribution in [0.15, 0.2) is 54.6 Å². The second-order valence-electron chi connectivity index (χ2n) is 6.45. The maximum atomic E-state index is 12.1. The molecule has 1 unspecified atom stereocenters. The van der Waals surface area contributed by atoms with E-state index in [-0.39, 0.29) is 11.3 Å². The van der Waals surface area contributed by atoms with Gasteiger partial charge in [-0.3, -0.25) is 4.79 Å². The van der Waals surface area contributed by atoms with E-state index in [2.05, 4.69) is 13.8 Å². The fourth-order valence-electron chi connectivity index (χ4n) is 2.64. The maximum absolute atomic E-state index is 12.1. The van der Waals surface area contributed by atoms with E-state index in [4.69, 9.17) is 4.74 Å². The van der Waals surface area contributed by atoms with E-state index in [1.807, 2.05) is 54.6 Å². The second-order valence-corrected chi connectivity index (χ2v) is 6.45. The number of ketones is 1. The zero-order chi connectivity index (χ0) is 14.9. The summed E-state index contributed by atoms with van der Waals surface area (Å²) in [6.07, 6.45) is 1.56. The standard InChI is InChI=1S/C19H20O2/c1-19(2)13-17(19)18(20)12-14-8-10-16(11-9-14)21-15-6-4-3-5-7-15/h3-11,17H,12-13H2,1-2H3. The first-order chi connectivity index (χ1) is 10.0. The first kappa shape index (κ1) is 13.9. The molecule has 2 aromatic carbocycles. The third-order valence-corrected chi connectivity index (χ3v) is 4.18. The molecule has 1 fully saturated rings. The number of hydrogen-bond acceptors (Lipinski definition) is 2. The van der Waals surface area contributed by atoms with Crippen molar-refractivity contribution in [2.45, 2.75) is 26.7 Å². The van der Waals surface area contributed by atoms with Crippen LogP contribution >= 0.6 is 0 Å². The molecule has 2 nitrogen and oxygen atoms in total. The van der Waals surface area contributed by atoms with E-state index < -0.39 is 0 Å². The number of carbonyl (C=O) groups excluding carboxylic acids is 1. The van der Waals surface area contributed by atoms with Gasteiger partial charge in [0.1, 0.15) is 17.3 Å². The largest absolute Gasteiger partial charge is 0.457 e. The van der Waals surface area contributed by atoms with E-state index in [1.165, 1.54) is 0 Å². The van der Waals surface area contributed by atoms with Gasteiger partial charge in [0, 0.05) is 12.3 Å². The molecular formula is C19H20O2. The van der Waals surface area contributed by atoms with Gasteiger partial charge in [0.15, 0.2) is 0 Å². The maximum Gasteiger partial charge on any atom is 0.140 e. The van der Waals surface area contributed by atoms with E-state index in [1.54, 1.807) is 0 Å². The van der Waals surface area contributed by atoms with Crippen molar-refractivity contribution in [3.8, 4) is 11.5 Å². The van der Waals surface area contributed by atoms with Crippen LogP contribution in [-0.2, 0) is 11.2 Å². The Bertz CT molecular complexity index is 626. The van der Waals surface area contributed by atoms with Crippen molar-refractivity contribution < 1.29 is 9.53 Å². The number of hydrogen-bond donors (Lipinski definition) is 0. The molecule has 1 atom stereocenters. The SMILES string of the molecule is CC1(C)CC1C(=O)Cc1ccc(Oc2ccccc2)cc1. The Hall–Kier alpha value is -2.09. The molecular weight excluding hydrogens is 260 g/mol. The number of carbonyl (C=O) groups is 1. The molecule has 0 radical (unpaired) electrons. The van der Waals surface area contributed by atoms with Crippen molar-refractivity contribution in [3.05, 3.63) is 60.2 Å². The number of rotatable bonds is 5. The van der Waals surface area contributed by atoms with Gasteiger partial charge in [0.2, 0.25) is 0 Å². The minimum absolute atomic E-state index is 0.216. The Morgan fingerprint density at radius 3 is 2.19 bits per heavy atom. The van der Waals surface area contributed by atoms with Crippen LogP contribution < -0.4 is 4.74 Å². The number of ether oxygens (including phenoxy) is 1. The smallest absolute Gasteiger partial charge is 0.140 e. The summed E-state index contributed by atoms with van der Waals surface area (Å²) in [4.78, 5) is 12.1. The Balaban J connectivity index is 1.61. The lowest BCUT2D eigenvalue weighted by molar-refractivity contribution is -0.120. The summed E-state index contributed by atoms with van der Waals surface area (Å²) in [5.41, 5.74) is 1.27. The fourth-order valence-corrected chi connectivity index (χ4v) is 2.64. The molecule has 2 heteroatoms. The van der Waals surface area contributed by atoms with Crippen LogP contribution in [0.3, 0.4) is 0 Å². The molecule has 0 amide bonds. The lowest BCUT2D eigenvalue weighted by atomic mass is 10.0. The Labute approximate surface area is 125 Å². The van der Waals surface area contributed by atoms with Gasteiger partial charge < -0.3 is 4.74 Å². The molecule has 1 aliphatic carbocycles. The van der Waals surface area contributed by atoms with Crippen molar-refractivity contribution in [2.24, 2.45) is 11.3 Å². The van der Waals surface area contributed by atoms with E-state index in [0.717, 1.165) is 23.5 Å². The average Bonchev–Trinajstić information content (AvgIpc) is 3.11. The Kier molecular flexibility index (Phi) is 3.54. The van der Waals surface area contributed by atoms with E-state index >= 15 is 0 Å². The summed E-state index contributed by atoms with van der Waals surface area (Å²) >= 11 is 0. The molecule has 3 rings (SSSR count).